The number of para-hydroxylation sites is 1. The lowest BCUT2D eigenvalue weighted by Gasteiger charge is -2.26. The zero-order valence-electron chi connectivity index (χ0n) is 25.0. The number of hydrogen-bond donors (Lipinski definition) is 2. The van der Waals surface area contributed by atoms with Gasteiger partial charge in [0.15, 0.2) is 0 Å². The number of benzene rings is 3. The van der Waals surface area contributed by atoms with Crippen LogP contribution >= 0.6 is 0 Å². The van der Waals surface area contributed by atoms with Gasteiger partial charge in [-0.1, -0.05) is 55.1 Å². The summed E-state index contributed by atoms with van der Waals surface area (Å²) in [5.41, 5.74) is 6.28. The van der Waals surface area contributed by atoms with Crippen molar-refractivity contribution in [2.75, 3.05) is 56.9 Å². The molecule has 1 amide bonds. The Hall–Kier alpha value is -5.15. The molecule has 0 bridgehead atoms. The van der Waals surface area contributed by atoms with Gasteiger partial charge in [0.25, 0.3) is 0 Å². The van der Waals surface area contributed by atoms with E-state index in [0.717, 1.165) is 47.5 Å². The van der Waals surface area contributed by atoms with Gasteiger partial charge in [0.05, 0.1) is 29.9 Å². The van der Waals surface area contributed by atoms with Gasteiger partial charge < -0.3 is 29.7 Å². The van der Waals surface area contributed by atoms with Gasteiger partial charge in [-0.2, -0.15) is 0 Å². The molecule has 43 heavy (non-hydrogen) atoms. The van der Waals surface area contributed by atoms with Crippen molar-refractivity contribution >= 4 is 39.7 Å². The van der Waals surface area contributed by atoms with E-state index in [-0.39, 0.29) is 5.91 Å². The lowest BCUT2D eigenvalue weighted by atomic mass is 10.1. The van der Waals surface area contributed by atoms with Crippen molar-refractivity contribution < 1.29 is 9.53 Å². The molecule has 0 saturated carbocycles. The highest BCUT2D eigenvalue weighted by atomic mass is 16.5. The van der Waals surface area contributed by atoms with Crippen molar-refractivity contribution in [3.63, 3.8) is 0 Å². The number of rotatable bonds is 12. The van der Waals surface area contributed by atoms with Crippen LogP contribution in [0, 0.1) is 0 Å². The van der Waals surface area contributed by atoms with Crippen LogP contribution in [-0.2, 0) is 11.3 Å². The zero-order chi connectivity index (χ0) is 30.3. The predicted molar refractivity (Wildman–Crippen MR) is 175 cm³/mol. The van der Waals surface area contributed by atoms with Gasteiger partial charge in [0.2, 0.25) is 5.91 Å². The molecule has 5 rings (SSSR count). The minimum atomic E-state index is -0.297. The van der Waals surface area contributed by atoms with E-state index in [1.54, 1.807) is 13.4 Å². The van der Waals surface area contributed by atoms with Crippen molar-refractivity contribution in [1.82, 2.24) is 19.4 Å². The third-order valence-electron chi connectivity index (χ3n) is 7.25. The summed E-state index contributed by atoms with van der Waals surface area (Å²) < 4.78 is 8.02. The second kappa shape index (κ2) is 13.2. The molecular formula is C34H37N7O2. The maximum absolute atomic E-state index is 12.3. The summed E-state index contributed by atoms with van der Waals surface area (Å²) in [6.07, 6.45) is 4.95. The van der Waals surface area contributed by atoms with Gasteiger partial charge in [0, 0.05) is 61.5 Å². The number of nitrogens with one attached hydrogen (secondary N) is 2. The van der Waals surface area contributed by atoms with Crippen LogP contribution in [0.25, 0.3) is 22.2 Å². The van der Waals surface area contributed by atoms with Gasteiger partial charge in [-0.05, 0) is 37.9 Å². The highest BCUT2D eigenvalue weighted by Gasteiger charge is 2.17. The number of nitrogens with zero attached hydrogens (tertiary/aromatic N) is 5. The Balaban J connectivity index is 1.49. The van der Waals surface area contributed by atoms with Crippen LogP contribution in [0.3, 0.4) is 0 Å². The average Bonchev–Trinajstić information content (AvgIpc) is 3.38. The van der Waals surface area contributed by atoms with Crippen LogP contribution in [0.5, 0.6) is 5.75 Å². The van der Waals surface area contributed by atoms with Gasteiger partial charge >= 0.3 is 0 Å². The molecule has 2 heterocycles. The molecule has 0 aliphatic heterocycles. The standard InChI is InChI=1S/C34H37N7O2/c1-6-34(42)38-28-18-29(32(43-5)20-31(28)40(4)17-16-39(2)3)37-33-19-27(35-23-36-33)26-22-41(21-24-12-8-7-9-13-24)30-15-11-10-14-25(26)30/h6-15,18-20,22-23H,1,16-17,21H2,2-5H3,(H,38,42)(H,35,36,37). The number of amides is 1. The molecule has 0 radical (unpaired) electrons. The molecule has 9 heteroatoms. The van der Waals surface area contributed by atoms with Crippen molar-refractivity contribution in [3.8, 4) is 17.0 Å². The molecule has 0 spiro atoms. The van der Waals surface area contributed by atoms with Crippen LogP contribution < -0.4 is 20.3 Å². The number of carbonyl (C=O) groups is 1. The van der Waals surface area contributed by atoms with E-state index in [1.165, 1.54) is 11.6 Å². The number of hydrogen-bond acceptors (Lipinski definition) is 7. The molecule has 2 aromatic heterocycles. The van der Waals surface area contributed by atoms with E-state index in [9.17, 15) is 4.79 Å². The molecule has 0 saturated heterocycles. The first-order valence-electron chi connectivity index (χ1n) is 14.1. The predicted octanol–water partition coefficient (Wildman–Crippen LogP) is 6.02. The minimum absolute atomic E-state index is 0.297. The highest BCUT2D eigenvalue weighted by molar-refractivity contribution is 6.02. The van der Waals surface area contributed by atoms with E-state index in [0.29, 0.717) is 22.9 Å². The number of likely N-dealkylation sites (N-methyl/N-ethyl adjacent to an activating group) is 2. The van der Waals surface area contributed by atoms with Crippen LogP contribution in [-0.4, -0.2) is 66.7 Å². The summed E-state index contributed by atoms with van der Waals surface area (Å²) in [5.74, 6) is 0.912. The fourth-order valence-corrected chi connectivity index (χ4v) is 4.98. The van der Waals surface area contributed by atoms with Crippen molar-refractivity contribution in [2.45, 2.75) is 6.54 Å². The lowest BCUT2D eigenvalue weighted by Crippen LogP contribution is -2.29. The molecule has 0 aliphatic carbocycles. The summed E-state index contributed by atoms with van der Waals surface area (Å²) in [5, 5.41) is 7.44. The first kappa shape index (κ1) is 29.3. The number of fused-ring (bicyclic) bond motifs is 1. The number of anilines is 4. The smallest absolute Gasteiger partial charge is 0.247 e. The average molecular weight is 576 g/mol. The molecule has 0 atom stereocenters. The Morgan fingerprint density at radius 3 is 2.49 bits per heavy atom. The van der Waals surface area contributed by atoms with Crippen molar-refractivity contribution in [3.05, 3.63) is 104 Å². The Morgan fingerprint density at radius 2 is 1.74 bits per heavy atom. The lowest BCUT2D eigenvalue weighted by molar-refractivity contribution is -0.111. The quantitative estimate of drug-likeness (QED) is 0.176. The molecule has 220 valence electrons. The molecule has 5 aromatic rings. The molecule has 9 nitrogen and oxygen atoms in total. The first-order chi connectivity index (χ1) is 20.9. The molecular weight excluding hydrogens is 538 g/mol. The number of methoxy groups -OCH3 is 1. The molecule has 0 unspecified atom stereocenters. The Bertz CT molecular complexity index is 1730. The third-order valence-corrected chi connectivity index (χ3v) is 7.25. The first-order valence-corrected chi connectivity index (χ1v) is 14.1. The maximum Gasteiger partial charge on any atom is 0.247 e. The summed E-state index contributed by atoms with van der Waals surface area (Å²) in [7, 11) is 7.66. The maximum atomic E-state index is 12.3. The normalized spacial score (nSPS) is 11.0. The number of ether oxygens (including phenoxy) is 1. The van der Waals surface area contributed by atoms with E-state index >= 15 is 0 Å². The van der Waals surface area contributed by atoms with Crippen LogP contribution in [0.2, 0.25) is 0 Å². The zero-order valence-corrected chi connectivity index (χ0v) is 25.0. The largest absolute Gasteiger partial charge is 0.494 e. The second-order valence-corrected chi connectivity index (χ2v) is 10.6. The van der Waals surface area contributed by atoms with Gasteiger partial charge in [-0.25, -0.2) is 9.97 Å². The number of carbonyl (C=O) groups excluding carboxylic acids is 1. The van der Waals surface area contributed by atoms with Crippen molar-refractivity contribution in [1.29, 1.82) is 0 Å². The highest BCUT2D eigenvalue weighted by Crippen LogP contribution is 2.38. The Kier molecular flexibility index (Phi) is 9.02. The monoisotopic (exact) mass is 575 g/mol. The summed E-state index contributed by atoms with van der Waals surface area (Å²) in [4.78, 5) is 25.7. The van der Waals surface area contributed by atoms with E-state index < -0.39 is 0 Å². The molecule has 2 N–H and O–H groups in total. The van der Waals surface area contributed by atoms with Crippen LogP contribution in [0.15, 0.2) is 98.0 Å². The second-order valence-electron chi connectivity index (χ2n) is 10.6. The summed E-state index contributed by atoms with van der Waals surface area (Å²) in [6.45, 7) is 5.97. The van der Waals surface area contributed by atoms with Crippen LogP contribution in [0.4, 0.5) is 22.9 Å². The van der Waals surface area contributed by atoms with E-state index in [1.807, 2.05) is 51.5 Å². The van der Waals surface area contributed by atoms with Gasteiger partial charge in [-0.15, -0.1) is 0 Å². The fourth-order valence-electron chi connectivity index (χ4n) is 4.98. The molecule has 0 fully saturated rings. The van der Waals surface area contributed by atoms with Crippen molar-refractivity contribution in [2.24, 2.45) is 0 Å². The summed E-state index contributed by atoms with van der Waals surface area (Å²) >= 11 is 0. The minimum Gasteiger partial charge on any atom is -0.494 e. The van der Waals surface area contributed by atoms with E-state index in [2.05, 4.69) is 90.2 Å². The Labute approximate surface area is 252 Å². The van der Waals surface area contributed by atoms with E-state index in [4.69, 9.17) is 4.74 Å². The van der Waals surface area contributed by atoms with Crippen LogP contribution in [0.1, 0.15) is 5.56 Å². The third kappa shape index (κ3) is 6.85. The topological polar surface area (TPSA) is 87.5 Å². The van der Waals surface area contributed by atoms with Gasteiger partial charge in [-0.3, -0.25) is 4.79 Å². The van der Waals surface area contributed by atoms with Gasteiger partial charge in [0.1, 0.15) is 17.9 Å². The molecule has 3 aromatic carbocycles. The summed E-state index contributed by atoms with van der Waals surface area (Å²) in [6, 6.07) is 24.4. The SMILES string of the molecule is C=CC(=O)Nc1cc(Nc2cc(-c3cn(Cc4ccccc4)c4ccccc34)ncn2)c(OC)cc1N(C)CCN(C)C. The molecule has 0 aliphatic rings. The number of aromatic nitrogens is 3. The Morgan fingerprint density at radius 1 is 0.977 bits per heavy atom. The fraction of sp³-hybridized carbons (Fsp3) is 0.206.